The number of rotatable bonds is 5. The maximum absolute atomic E-state index is 12.7. The minimum Gasteiger partial charge on any atom is -0.364 e. The number of benzene rings is 1. The predicted octanol–water partition coefficient (Wildman–Crippen LogP) is 2.04. The molecule has 2 rings (SSSR count). The maximum Gasteiger partial charge on any atom is 0.341 e. The van der Waals surface area contributed by atoms with Gasteiger partial charge in [-0.05, 0) is 18.6 Å². The second kappa shape index (κ2) is 7.94. The molecule has 1 saturated heterocycles. The topological polar surface area (TPSA) is 101 Å². The van der Waals surface area contributed by atoms with Crippen molar-refractivity contribution >= 4 is 27.1 Å². The Morgan fingerprint density at radius 2 is 1.96 bits per heavy atom. The molecule has 144 valence electrons. The Morgan fingerprint density at radius 3 is 2.54 bits per heavy atom. The standard InChI is InChI=1S/C15H19F2N3O5S/c1-2-14(21)19-7-3-6-18(8-9-19)12-5-4-11(10-13(12)20(22)23)26(24,25)15(16)17/h4-5,10,15H,2-3,6-9H2,1H3. The number of alkyl halides is 2. The van der Waals surface area contributed by atoms with Crippen LogP contribution in [-0.4, -0.2) is 56.1 Å². The highest BCUT2D eigenvalue weighted by atomic mass is 32.2. The smallest absolute Gasteiger partial charge is 0.341 e. The highest BCUT2D eigenvalue weighted by molar-refractivity contribution is 7.91. The third kappa shape index (κ3) is 4.09. The molecule has 0 atom stereocenters. The van der Waals surface area contributed by atoms with E-state index in [0.29, 0.717) is 45.1 Å². The number of sulfone groups is 1. The van der Waals surface area contributed by atoms with E-state index in [2.05, 4.69) is 0 Å². The third-order valence-electron chi connectivity index (χ3n) is 4.20. The van der Waals surface area contributed by atoms with E-state index in [-0.39, 0.29) is 11.6 Å². The quantitative estimate of drug-likeness (QED) is 0.562. The number of halogens is 2. The number of nitro benzene ring substituents is 1. The van der Waals surface area contributed by atoms with E-state index >= 15 is 0 Å². The normalized spacial score (nSPS) is 15.8. The molecular weight excluding hydrogens is 372 g/mol. The van der Waals surface area contributed by atoms with Gasteiger partial charge >= 0.3 is 5.76 Å². The van der Waals surface area contributed by atoms with Gasteiger partial charge in [0.2, 0.25) is 15.7 Å². The van der Waals surface area contributed by atoms with E-state index < -0.39 is 31.1 Å². The van der Waals surface area contributed by atoms with Crippen molar-refractivity contribution in [2.75, 3.05) is 31.1 Å². The predicted molar refractivity (Wildman–Crippen MR) is 90.0 cm³/mol. The van der Waals surface area contributed by atoms with Crippen molar-refractivity contribution in [1.82, 2.24) is 4.90 Å². The molecule has 1 heterocycles. The van der Waals surface area contributed by atoms with Crippen LogP contribution in [0.3, 0.4) is 0 Å². The summed E-state index contributed by atoms with van der Waals surface area (Å²) < 4.78 is 48.5. The van der Waals surface area contributed by atoms with Gasteiger partial charge in [0.15, 0.2) is 0 Å². The van der Waals surface area contributed by atoms with E-state index in [0.717, 1.165) is 6.07 Å². The van der Waals surface area contributed by atoms with Gasteiger partial charge in [-0.1, -0.05) is 6.92 Å². The lowest BCUT2D eigenvalue weighted by Crippen LogP contribution is -2.34. The molecule has 0 spiro atoms. The van der Waals surface area contributed by atoms with E-state index in [1.165, 1.54) is 6.07 Å². The van der Waals surface area contributed by atoms with Crippen molar-refractivity contribution in [2.45, 2.75) is 30.4 Å². The van der Waals surface area contributed by atoms with Gasteiger partial charge in [-0.3, -0.25) is 14.9 Å². The van der Waals surface area contributed by atoms with Crippen LogP contribution < -0.4 is 4.90 Å². The second-order valence-corrected chi connectivity index (χ2v) is 7.71. The summed E-state index contributed by atoms with van der Waals surface area (Å²) in [5.74, 6) is -3.67. The fourth-order valence-corrected chi connectivity index (χ4v) is 3.57. The van der Waals surface area contributed by atoms with E-state index in [4.69, 9.17) is 0 Å². The Morgan fingerprint density at radius 1 is 1.27 bits per heavy atom. The minimum absolute atomic E-state index is 0.0141. The first-order valence-electron chi connectivity index (χ1n) is 8.01. The molecule has 0 unspecified atom stereocenters. The van der Waals surface area contributed by atoms with Crippen molar-refractivity contribution in [3.8, 4) is 0 Å². The highest BCUT2D eigenvalue weighted by Crippen LogP contribution is 2.33. The Bertz CT molecular complexity index is 800. The van der Waals surface area contributed by atoms with E-state index in [1.54, 1.807) is 16.7 Å². The Kier molecular flexibility index (Phi) is 6.11. The number of amides is 1. The molecule has 26 heavy (non-hydrogen) atoms. The minimum atomic E-state index is -4.92. The van der Waals surface area contributed by atoms with Crippen LogP contribution in [-0.2, 0) is 14.6 Å². The van der Waals surface area contributed by atoms with Gasteiger partial charge in [0.1, 0.15) is 5.69 Å². The number of carbonyl (C=O) groups excluding carboxylic acids is 1. The van der Waals surface area contributed by atoms with Gasteiger partial charge in [0, 0.05) is 38.7 Å². The van der Waals surface area contributed by atoms with Crippen molar-refractivity contribution in [2.24, 2.45) is 0 Å². The van der Waals surface area contributed by atoms with Crippen molar-refractivity contribution < 1.29 is 26.9 Å². The maximum atomic E-state index is 12.7. The largest absolute Gasteiger partial charge is 0.364 e. The van der Waals surface area contributed by atoms with E-state index in [1.807, 2.05) is 0 Å². The molecule has 1 aromatic rings. The lowest BCUT2D eigenvalue weighted by molar-refractivity contribution is -0.384. The molecule has 1 amide bonds. The van der Waals surface area contributed by atoms with Crippen molar-refractivity contribution in [1.29, 1.82) is 0 Å². The Labute approximate surface area is 149 Å². The Balaban J connectivity index is 2.35. The number of nitrogens with zero attached hydrogens (tertiary/aromatic N) is 3. The summed E-state index contributed by atoms with van der Waals surface area (Å²) in [7, 11) is -4.92. The zero-order valence-corrected chi connectivity index (χ0v) is 14.9. The summed E-state index contributed by atoms with van der Waals surface area (Å²) in [5.41, 5.74) is -0.406. The molecule has 0 N–H and O–H groups in total. The average molecular weight is 391 g/mol. The Hall–Kier alpha value is -2.30. The summed E-state index contributed by atoms with van der Waals surface area (Å²) in [6, 6.07) is 2.78. The third-order valence-corrected chi connectivity index (χ3v) is 5.58. The molecule has 0 aromatic heterocycles. The van der Waals surface area contributed by atoms with Gasteiger partial charge in [0.05, 0.1) is 9.82 Å². The van der Waals surface area contributed by atoms with E-state index in [9.17, 15) is 32.1 Å². The first-order chi connectivity index (χ1) is 12.2. The number of carbonyl (C=O) groups is 1. The molecule has 0 aliphatic carbocycles. The van der Waals surface area contributed by atoms with Crippen molar-refractivity contribution in [3.05, 3.63) is 28.3 Å². The van der Waals surface area contributed by atoms with Crippen LogP contribution in [0.5, 0.6) is 0 Å². The fourth-order valence-electron chi connectivity index (χ4n) is 2.83. The summed E-state index contributed by atoms with van der Waals surface area (Å²) in [6.07, 6.45) is 0.945. The first kappa shape index (κ1) is 20.0. The van der Waals surface area contributed by atoms with Crippen LogP contribution in [0.1, 0.15) is 19.8 Å². The SMILES string of the molecule is CCC(=O)N1CCCN(c2ccc(S(=O)(=O)C(F)F)cc2[N+](=O)[O-])CC1. The fraction of sp³-hybridized carbons (Fsp3) is 0.533. The molecule has 0 radical (unpaired) electrons. The first-order valence-corrected chi connectivity index (χ1v) is 9.56. The highest BCUT2D eigenvalue weighted by Gasteiger charge is 2.31. The molecule has 0 bridgehead atoms. The van der Waals surface area contributed by atoms with Crippen LogP contribution >= 0.6 is 0 Å². The number of hydrogen-bond donors (Lipinski definition) is 0. The molecule has 1 aromatic carbocycles. The molecule has 1 aliphatic heterocycles. The molecule has 11 heteroatoms. The van der Waals surface area contributed by atoms with Crippen LogP contribution in [0.25, 0.3) is 0 Å². The van der Waals surface area contributed by atoms with Crippen LogP contribution in [0, 0.1) is 10.1 Å². The monoisotopic (exact) mass is 391 g/mol. The van der Waals surface area contributed by atoms with Gasteiger partial charge in [-0.2, -0.15) is 8.78 Å². The average Bonchev–Trinajstić information content (AvgIpc) is 2.86. The second-order valence-electron chi connectivity index (χ2n) is 5.79. The van der Waals surface area contributed by atoms with Gasteiger partial charge in [-0.15, -0.1) is 0 Å². The number of anilines is 1. The van der Waals surface area contributed by atoms with Crippen LogP contribution in [0.2, 0.25) is 0 Å². The lowest BCUT2D eigenvalue weighted by Gasteiger charge is -2.23. The van der Waals surface area contributed by atoms with Gasteiger partial charge in [-0.25, -0.2) is 8.42 Å². The summed E-state index contributed by atoms with van der Waals surface area (Å²) >= 11 is 0. The summed E-state index contributed by atoms with van der Waals surface area (Å²) in [6.45, 7) is 3.40. The van der Waals surface area contributed by atoms with Crippen LogP contribution in [0.15, 0.2) is 23.1 Å². The van der Waals surface area contributed by atoms with Crippen molar-refractivity contribution in [3.63, 3.8) is 0 Å². The van der Waals surface area contributed by atoms with Gasteiger partial charge in [0.25, 0.3) is 5.69 Å². The van der Waals surface area contributed by atoms with Crippen LogP contribution in [0.4, 0.5) is 20.2 Å². The zero-order valence-electron chi connectivity index (χ0n) is 14.1. The lowest BCUT2D eigenvalue weighted by atomic mass is 10.2. The summed E-state index contributed by atoms with van der Waals surface area (Å²) in [5, 5.41) is 11.4. The van der Waals surface area contributed by atoms with Gasteiger partial charge < -0.3 is 9.80 Å². The summed E-state index contributed by atoms with van der Waals surface area (Å²) in [4.78, 5) is 24.9. The molecule has 1 aliphatic rings. The molecule has 1 fully saturated rings. The zero-order chi connectivity index (χ0) is 19.5. The molecular formula is C15H19F2N3O5S. The molecule has 8 nitrogen and oxygen atoms in total. The number of nitro groups is 1. The number of hydrogen-bond acceptors (Lipinski definition) is 6. The molecule has 0 saturated carbocycles.